The molecule has 2 heterocycles. The molecule has 1 aliphatic rings. The van der Waals surface area contributed by atoms with Crippen LogP contribution in [0, 0.1) is 13.8 Å². The maximum absolute atomic E-state index is 13.9. The lowest BCUT2D eigenvalue weighted by Crippen LogP contribution is -2.22. The van der Waals surface area contributed by atoms with E-state index in [2.05, 4.69) is 26.0 Å². The first-order valence-corrected chi connectivity index (χ1v) is 13.2. The van der Waals surface area contributed by atoms with Gasteiger partial charge in [0.1, 0.15) is 4.83 Å². The minimum absolute atomic E-state index is 0.0243. The van der Waals surface area contributed by atoms with E-state index in [1.807, 2.05) is 18.2 Å². The molecule has 2 aromatic heterocycles. The van der Waals surface area contributed by atoms with Crippen LogP contribution in [0.4, 0.5) is 0 Å². The van der Waals surface area contributed by atoms with Crippen LogP contribution in [0.1, 0.15) is 50.3 Å². The molecule has 4 aromatic rings. The Morgan fingerprint density at radius 3 is 2.59 bits per heavy atom. The number of carbonyl (C=O) groups excluding carboxylic acids is 1. The summed E-state index contributed by atoms with van der Waals surface area (Å²) in [4.78, 5) is 32.8. The fourth-order valence-electron chi connectivity index (χ4n) is 4.38. The van der Waals surface area contributed by atoms with Crippen molar-refractivity contribution in [1.82, 2.24) is 9.55 Å². The van der Waals surface area contributed by atoms with Crippen molar-refractivity contribution in [2.45, 2.75) is 50.4 Å². The van der Waals surface area contributed by atoms with Crippen LogP contribution in [0.5, 0.6) is 0 Å². The molecule has 0 atom stereocenters. The molecule has 0 N–H and O–H groups in total. The summed E-state index contributed by atoms with van der Waals surface area (Å²) in [5.74, 6) is 0.284. The fourth-order valence-corrected chi connectivity index (χ4v) is 6.65. The number of hydrogen-bond donors (Lipinski definition) is 0. The first kappa shape index (κ1) is 22.9. The Morgan fingerprint density at radius 1 is 1.09 bits per heavy atom. The van der Waals surface area contributed by atoms with Crippen molar-refractivity contribution in [1.29, 1.82) is 0 Å². The third-order valence-corrected chi connectivity index (χ3v) is 8.65. The molecular weight excluding hydrogens is 464 g/mol. The average Bonchev–Trinajstić information content (AvgIpc) is 3.23. The van der Waals surface area contributed by atoms with E-state index >= 15 is 0 Å². The lowest BCUT2D eigenvalue weighted by Gasteiger charge is -2.15. The predicted octanol–water partition coefficient (Wildman–Crippen LogP) is 6.02. The molecule has 0 saturated carbocycles. The molecule has 0 unspecified atom stereocenters. The second-order valence-electron chi connectivity index (χ2n) is 8.67. The molecule has 0 aliphatic heterocycles. The summed E-state index contributed by atoms with van der Waals surface area (Å²) < 4.78 is 6.57. The highest BCUT2D eigenvalue weighted by Crippen LogP contribution is 2.35. The van der Waals surface area contributed by atoms with Crippen LogP contribution in [0.2, 0.25) is 0 Å². The van der Waals surface area contributed by atoms with Gasteiger partial charge in [-0.05, 0) is 86.1 Å². The Kier molecular flexibility index (Phi) is 6.32. The zero-order valence-electron chi connectivity index (χ0n) is 19.5. The summed E-state index contributed by atoms with van der Waals surface area (Å²) in [7, 11) is 1.38. The second kappa shape index (κ2) is 9.39. The van der Waals surface area contributed by atoms with Gasteiger partial charge in [-0.25, -0.2) is 9.78 Å². The summed E-state index contributed by atoms with van der Waals surface area (Å²) in [5.41, 5.74) is 5.98. The lowest BCUT2D eigenvalue weighted by molar-refractivity contribution is 0.0600. The summed E-state index contributed by atoms with van der Waals surface area (Å²) in [6.07, 6.45) is 4.29. The van der Waals surface area contributed by atoms with Crippen LogP contribution < -0.4 is 5.56 Å². The lowest BCUT2D eigenvalue weighted by atomic mass is 9.97. The average molecular weight is 491 g/mol. The van der Waals surface area contributed by atoms with Gasteiger partial charge in [0.2, 0.25) is 0 Å². The van der Waals surface area contributed by atoms with Gasteiger partial charge < -0.3 is 4.74 Å². The molecule has 5 nitrogen and oxygen atoms in total. The van der Waals surface area contributed by atoms with Gasteiger partial charge in [0.25, 0.3) is 5.56 Å². The Balaban J connectivity index is 1.59. The number of esters is 1. The highest BCUT2D eigenvalue weighted by molar-refractivity contribution is 7.98. The number of thioether (sulfide) groups is 1. The molecule has 34 heavy (non-hydrogen) atoms. The number of methoxy groups -OCH3 is 1. The van der Waals surface area contributed by atoms with E-state index in [4.69, 9.17) is 9.72 Å². The molecule has 0 bridgehead atoms. The highest BCUT2D eigenvalue weighted by atomic mass is 32.2. The Labute approximate surface area is 206 Å². The van der Waals surface area contributed by atoms with Crippen LogP contribution in [-0.4, -0.2) is 22.6 Å². The number of aryl methyl sites for hydroxylation is 4. The zero-order valence-corrected chi connectivity index (χ0v) is 21.1. The maximum Gasteiger partial charge on any atom is 0.337 e. The van der Waals surface area contributed by atoms with Crippen molar-refractivity contribution in [3.63, 3.8) is 0 Å². The summed E-state index contributed by atoms with van der Waals surface area (Å²) in [6.45, 7) is 4.14. The van der Waals surface area contributed by atoms with E-state index in [9.17, 15) is 9.59 Å². The number of hydrogen-bond acceptors (Lipinski definition) is 6. The third-order valence-electron chi connectivity index (χ3n) is 6.45. The molecule has 1 aliphatic carbocycles. The van der Waals surface area contributed by atoms with Crippen LogP contribution in [-0.2, 0) is 23.3 Å². The van der Waals surface area contributed by atoms with Crippen molar-refractivity contribution < 1.29 is 9.53 Å². The van der Waals surface area contributed by atoms with Gasteiger partial charge in [-0.15, -0.1) is 11.3 Å². The Bertz CT molecular complexity index is 1450. The minimum atomic E-state index is -0.350. The van der Waals surface area contributed by atoms with Crippen molar-refractivity contribution in [3.8, 4) is 5.69 Å². The predicted molar refractivity (Wildman–Crippen MR) is 139 cm³/mol. The fraction of sp³-hybridized carbons (Fsp3) is 0.296. The van der Waals surface area contributed by atoms with Crippen molar-refractivity contribution in [2.24, 2.45) is 0 Å². The van der Waals surface area contributed by atoms with Crippen LogP contribution in [0.25, 0.3) is 15.9 Å². The van der Waals surface area contributed by atoms with E-state index in [0.717, 1.165) is 46.3 Å². The molecule has 7 heteroatoms. The van der Waals surface area contributed by atoms with E-state index in [1.54, 1.807) is 39.8 Å². The van der Waals surface area contributed by atoms with Crippen molar-refractivity contribution >= 4 is 39.3 Å². The van der Waals surface area contributed by atoms with Gasteiger partial charge >= 0.3 is 5.97 Å². The number of ether oxygens (including phenoxy) is 1. The van der Waals surface area contributed by atoms with Crippen LogP contribution >= 0.6 is 23.1 Å². The summed E-state index contributed by atoms with van der Waals surface area (Å²) >= 11 is 3.22. The van der Waals surface area contributed by atoms with Crippen molar-refractivity contribution in [2.75, 3.05) is 7.11 Å². The van der Waals surface area contributed by atoms with Gasteiger partial charge in [0, 0.05) is 10.6 Å². The molecule has 0 spiro atoms. The molecule has 0 fully saturated rings. The van der Waals surface area contributed by atoms with Crippen molar-refractivity contribution in [3.05, 3.63) is 85.5 Å². The minimum Gasteiger partial charge on any atom is -0.465 e. The third kappa shape index (κ3) is 4.18. The normalized spacial score (nSPS) is 13.1. The van der Waals surface area contributed by atoms with Gasteiger partial charge in [0.15, 0.2) is 5.16 Å². The second-order valence-corrected chi connectivity index (χ2v) is 10.7. The Hall–Kier alpha value is -2.90. The highest BCUT2D eigenvalue weighted by Gasteiger charge is 2.23. The number of nitrogens with zero attached hydrogens (tertiary/aromatic N) is 2. The smallest absolute Gasteiger partial charge is 0.337 e. The number of aromatic nitrogens is 2. The number of fused-ring (bicyclic) bond motifs is 3. The number of rotatable bonds is 5. The number of benzene rings is 2. The van der Waals surface area contributed by atoms with Gasteiger partial charge in [0.05, 0.1) is 23.7 Å². The summed E-state index contributed by atoms with van der Waals surface area (Å²) in [6, 6.07) is 13.5. The monoisotopic (exact) mass is 490 g/mol. The van der Waals surface area contributed by atoms with Gasteiger partial charge in [-0.1, -0.05) is 30.0 Å². The number of thiophene rings is 1. The molecule has 2 aromatic carbocycles. The van der Waals surface area contributed by atoms with Gasteiger partial charge in [-0.2, -0.15) is 0 Å². The van der Waals surface area contributed by atoms with Gasteiger partial charge in [-0.3, -0.25) is 9.36 Å². The van der Waals surface area contributed by atoms with E-state index in [1.165, 1.54) is 29.5 Å². The van der Waals surface area contributed by atoms with Crippen LogP contribution in [0.3, 0.4) is 0 Å². The van der Waals surface area contributed by atoms with Crippen LogP contribution in [0.15, 0.2) is 52.4 Å². The molecule has 174 valence electrons. The maximum atomic E-state index is 13.9. The molecular formula is C27H26N2O3S2. The van der Waals surface area contributed by atoms with E-state index in [0.29, 0.717) is 16.5 Å². The Morgan fingerprint density at radius 2 is 1.85 bits per heavy atom. The standard InChI is InChI=1S/C27H26N2O3S2/c1-16-8-13-20(14-17(16)2)29-25(30)23-21-6-4-5-7-22(21)34-24(23)28-27(29)33-15-18-9-11-19(12-10-18)26(31)32-3/h8-14H,4-7,15H2,1-3H3. The van der Waals surface area contributed by atoms with E-state index < -0.39 is 0 Å². The molecule has 0 saturated heterocycles. The SMILES string of the molecule is COC(=O)c1ccc(CSc2nc3sc4c(c3c(=O)n2-c2ccc(C)c(C)c2)CCCC4)cc1. The largest absolute Gasteiger partial charge is 0.465 e. The quantitative estimate of drug-likeness (QED) is 0.194. The summed E-state index contributed by atoms with van der Waals surface area (Å²) in [5, 5.41) is 1.49. The zero-order chi connectivity index (χ0) is 23.8. The topological polar surface area (TPSA) is 61.2 Å². The van der Waals surface area contributed by atoms with E-state index in [-0.39, 0.29) is 11.5 Å². The molecule has 5 rings (SSSR count). The first-order chi connectivity index (χ1) is 16.5. The molecule has 0 radical (unpaired) electrons. The first-order valence-electron chi connectivity index (χ1n) is 11.4. The number of carbonyl (C=O) groups is 1. The molecule has 0 amide bonds.